The van der Waals surface area contributed by atoms with E-state index in [0.29, 0.717) is 13.1 Å². The number of sulfonamides is 1. The third kappa shape index (κ3) is 4.13. The number of hydrogen-bond donors (Lipinski definition) is 1. The summed E-state index contributed by atoms with van der Waals surface area (Å²) < 4.78 is 27.1. The van der Waals surface area contributed by atoms with E-state index in [4.69, 9.17) is 0 Å². The van der Waals surface area contributed by atoms with Gasteiger partial charge in [-0.2, -0.15) is 9.41 Å². The third-order valence-corrected chi connectivity index (χ3v) is 7.87. The maximum absolute atomic E-state index is 12.8. The first-order valence-corrected chi connectivity index (χ1v) is 12.3. The van der Waals surface area contributed by atoms with Crippen molar-refractivity contribution in [3.05, 3.63) is 90.0 Å². The van der Waals surface area contributed by atoms with Crippen LogP contribution in [0.2, 0.25) is 0 Å². The van der Waals surface area contributed by atoms with Crippen LogP contribution in [0.3, 0.4) is 0 Å². The second-order valence-electron chi connectivity index (χ2n) is 8.07. The summed E-state index contributed by atoms with van der Waals surface area (Å²) in [4.78, 5) is 12.9. The van der Waals surface area contributed by atoms with Crippen LogP contribution in [0.15, 0.2) is 88.9 Å². The Labute approximate surface area is 192 Å². The highest BCUT2D eigenvalue weighted by atomic mass is 32.2. The van der Waals surface area contributed by atoms with Crippen molar-refractivity contribution in [1.82, 2.24) is 9.73 Å². The van der Waals surface area contributed by atoms with Gasteiger partial charge < -0.3 is 0 Å². The van der Waals surface area contributed by atoms with Gasteiger partial charge in [0.05, 0.1) is 11.1 Å². The van der Waals surface area contributed by atoms with Crippen LogP contribution in [0.4, 0.5) is 0 Å². The molecule has 4 aromatic rings. The van der Waals surface area contributed by atoms with E-state index in [1.165, 1.54) is 16.4 Å². The summed E-state index contributed by atoms with van der Waals surface area (Å²) >= 11 is 0. The summed E-state index contributed by atoms with van der Waals surface area (Å²) in [5.74, 6) is -0.464. The van der Waals surface area contributed by atoms with E-state index in [9.17, 15) is 13.2 Å². The monoisotopic (exact) mass is 457 g/mol. The van der Waals surface area contributed by atoms with Crippen molar-refractivity contribution in [2.75, 3.05) is 13.1 Å². The Morgan fingerprint density at radius 3 is 2.15 bits per heavy atom. The topological polar surface area (TPSA) is 78.8 Å². The Morgan fingerprint density at radius 1 is 0.848 bits per heavy atom. The van der Waals surface area contributed by atoms with E-state index >= 15 is 0 Å². The molecule has 0 aliphatic carbocycles. The number of amides is 1. The lowest BCUT2D eigenvalue weighted by Gasteiger charge is -2.15. The lowest BCUT2D eigenvalue weighted by Crippen LogP contribution is -2.28. The first-order chi connectivity index (χ1) is 16.0. The number of benzene rings is 4. The van der Waals surface area contributed by atoms with E-state index in [1.54, 1.807) is 18.3 Å². The SMILES string of the molecule is O=C(N/N=C/c1c2ccccc2cc2ccccc12)c1cccc(S(=O)(=O)N2CCCC2)c1. The van der Waals surface area contributed by atoms with Gasteiger partial charge in [-0.05, 0) is 58.7 Å². The largest absolute Gasteiger partial charge is 0.271 e. The zero-order chi connectivity index (χ0) is 22.8. The minimum atomic E-state index is -3.59. The van der Waals surface area contributed by atoms with Gasteiger partial charge in [-0.3, -0.25) is 4.79 Å². The second-order valence-corrected chi connectivity index (χ2v) is 10.0. The lowest BCUT2D eigenvalue weighted by atomic mass is 9.97. The fourth-order valence-corrected chi connectivity index (χ4v) is 5.85. The summed E-state index contributed by atoms with van der Waals surface area (Å²) in [5, 5.41) is 8.45. The van der Waals surface area contributed by atoms with Crippen LogP contribution >= 0.6 is 0 Å². The molecule has 1 N–H and O–H groups in total. The van der Waals surface area contributed by atoms with Crippen molar-refractivity contribution in [3.63, 3.8) is 0 Å². The molecule has 4 aromatic carbocycles. The fraction of sp³-hybridized carbons (Fsp3) is 0.154. The van der Waals surface area contributed by atoms with Crippen LogP contribution in [-0.2, 0) is 10.0 Å². The van der Waals surface area contributed by atoms with E-state index < -0.39 is 15.9 Å². The molecule has 0 spiro atoms. The first kappa shape index (κ1) is 21.3. The molecule has 0 radical (unpaired) electrons. The molecule has 166 valence electrons. The van der Waals surface area contributed by atoms with E-state index in [-0.39, 0.29) is 10.5 Å². The molecule has 5 rings (SSSR count). The molecule has 33 heavy (non-hydrogen) atoms. The van der Waals surface area contributed by atoms with Crippen LogP contribution in [0, 0.1) is 0 Å². The maximum atomic E-state index is 12.8. The predicted molar refractivity (Wildman–Crippen MR) is 131 cm³/mol. The summed E-state index contributed by atoms with van der Waals surface area (Å²) in [6.07, 6.45) is 3.36. The quantitative estimate of drug-likeness (QED) is 0.271. The molecule has 6 nitrogen and oxygen atoms in total. The van der Waals surface area contributed by atoms with E-state index in [1.807, 2.05) is 48.5 Å². The lowest BCUT2D eigenvalue weighted by molar-refractivity contribution is 0.0955. The van der Waals surface area contributed by atoms with Crippen LogP contribution in [-0.4, -0.2) is 37.9 Å². The second kappa shape index (κ2) is 8.77. The van der Waals surface area contributed by atoms with Crippen LogP contribution in [0.5, 0.6) is 0 Å². The molecule has 0 bridgehead atoms. The normalized spacial score (nSPS) is 14.9. The third-order valence-electron chi connectivity index (χ3n) is 5.97. The summed E-state index contributed by atoms with van der Waals surface area (Å²) in [7, 11) is -3.59. The molecule has 1 saturated heterocycles. The van der Waals surface area contributed by atoms with Gasteiger partial charge >= 0.3 is 0 Å². The molecule has 1 aliphatic rings. The molecule has 7 heteroatoms. The molecule has 1 fully saturated rings. The van der Waals surface area contributed by atoms with Crippen molar-refractivity contribution in [3.8, 4) is 0 Å². The smallest absolute Gasteiger partial charge is 0.267 e. The molecule has 1 amide bonds. The Hall–Kier alpha value is -3.55. The van der Waals surface area contributed by atoms with E-state index in [0.717, 1.165) is 39.9 Å². The van der Waals surface area contributed by atoms with Gasteiger partial charge in [0, 0.05) is 24.2 Å². The van der Waals surface area contributed by atoms with E-state index in [2.05, 4.69) is 16.6 Å². The Balaban J connectivity index is 1.42. The zero-order valence-corrected chi connectivity index (χ0v) is 18.8. The molecular formula is C26H23N3O3S. The van der Waals surface area contributed by atoms with Crippen LogP contribution < -0.4 is 5.43 Å². The number of nitrogens with zero attached hydrogens (tertiary/aromatic N) is 2. The molecule has 0 atom stereocenters. The first-order valence-electron chi connectivity index (χ1n) is 10.9. The number of nitrogens with one attached hydrogen (secondary N) is 1. The van der Waals surface area contributed by atoms with Crippen LogP contribution in [0.25, 0.3) is 21.5 Å². The summed E-state index contributed by atoms with van der Waals surface area (Å²) in [6, 6.07) is 24.3. The van der Waals surface area contributed by atoms with Gasteiger partial charge in [-0.15, -0.1) is 0 Å². The number of hydrogen-bond acceptors (Lipinski definition) is 4. The van der Waals surface area contributed by atoms with Gasteiger partial charge in [-0.25, -0.2) is 13.8 Å². The standard InChI is InChI=1S/C26H23N3O3S/c30-26(21-10-7-11-22(17-21)33(31,32)29-14-5-6-15-29)28-27-18-25-23-12-3-1-8-19(23)16-20-9-2-4-13-24(20)25/h1-4,7-13,16-18H,5-6,14-15H2,(H,28,30)/b27-18+. The van der Waals surface area contributed by atoms with Crippen LogP contribution in [0.1, 0.15) is 28.8 Å². The minimum absolute atomic E-state index is 0.126. The van der Waals surface area contributed by atoms with Gasteiger partial charge in [0.2, 0.25) is 10.0 Å². The number of carbonyl (C=O) groups excluding carboxylic acids is 1. The maximum Gasteiger partial charge on any atom is 0.271 e. The van der Waals surface area contributed by atoms with Gasteiger partial charge in [0.15, 0.2) is 0 Å². The predicted octanol–water partition coefficient (Wildman–Crippen LogP) is 4.54. The highest BCUT2D eigenvalue weighted by Gasteiger charge is 2.27. The van der Waals surface area contributed by atoms with Gasteiger partial charge in [-0.1, -0.05) is 54.6 Å². The van der Waals surface area contributed by atoms with Crippen molar-refractivity contribution < 1.29 is 13.2 Å². The molecular weight excluding hydrogens is 434 g/mol. The van der Waals surface area contributed by atoms with Crippen molar-refractivity contribution >= 4 is 43.7 Å². The highest BCUT2D eigenvalue weighted by Crippen LogP contribution is 2.27. The number of fused-ring (bicyclic) bond motifs is 2. The molecule has 1 heterocycles. The molecule has 0 aromatic heterocycles. The Bertz CT molecular complexity index is 1440. The van der Waals surface area contributed by atoms with Crippen molar-refractivity contribution in [2.45, 2.75) is 17.7 Å². The number of hydrazone groups is 1. The van der Waals surface area contributed by atoms with Gasteiger partial charge in [0.25, 0.3) is 5.91 Å². The average molecular weight is 458 g/mol. The molecule has 0 unspecified atom stereocenters. The zero-order valence-electron chi connectivity index (χ0n) is 17.9. The summed E-state index contributed by atoms with van der Waals surface area (Å²) in [6.45, 7) is 1.03. The Morgan fingerprint density at radius 2 is 1.48 bits per heavy atom. The number of rotatable bonds is 5. The van der Waals surface area contributed by atoms with Gasteiger partial charge in [0.1, 0.15) is 0 Å². The van der Waals surface area contributed by atoms with Crippen molar-refractivity contribution in [1.29, 1.82) is 0 Å². The minimum Gasteiger partial charge on any atom is -0.267 e. The molecule has 1 aliphatic heterocycles. The molecule has 0 saturated carbocycles. The average Bonchev–Trinajstić information content (AvgIpc) is 3.40. The van der Waals surface area contributed by atoms with Crippen molar-refractivity contribution in [2.24, 2.45) is 5.10 Å². The Kier molecular flexibility index (Phi) is 5.66. The fourth-order valence-electron chi connectivity index (χ4n) is 4.28. The number of carbonyl (C=O) groups is 1. The highest BCUT2D eigenvalue weighted by molar-refractivity contribution is 7.89. The summed E-state index contributed by atoms with van der Waals surface area (Å²) in [5.41, 5.74) is 3.70.